The molecule has 0 N–H and O–H groups in total. The first-order valence-electron chi connectivity index (χ1n) is 5.19. The van der Waals surface area contributed by atoms with Gasteiger partial charge >= 0.3 is 0 Å². The minimum absolute atomic E-state index is 0.0839. The highest BCUT2D eigenvalue weighted by Gasteiger charge is 2.31. The summed E-state index contributed by atoms with van der Waals surface area (Å²) < 4.78 is 0. The fraction of sp³-hybridized carbons (Fsp3) is 0.636. The number of carbonyl (C=O) groups is 2. The van der Waals surface area contributed by atoms with Gasteiger partial charge in [-0.15, -0.1) is 11.8 Å². The molecule has 86 valence electrons. The van der Waals surface area contributed by atoms with Crippen molar-refractivity contribution in [2.45, 2.75) is 27.2 Å². The molecular formula is C11H19NO2S. The van der Waals surface area contributed by atoms with E-state index in [1.807, 2.05) is 27.0 Å². The standard InChI is InChI=1S/C9H13NO2S.C2H6/c1-4-6-7(13-3)5-8(11)10(2)9(6)12;1-2/h5-6H,4H2,1-3H3;1-2H3. The van der Waals surface area contributed by atoms with Crippen molar-refractivity contribution in [2.75, 3.05) is 13.3 Å². The van der Waals surface area contributed by atoms with E-state index in [9.17, 15) is 9.59 Å². The number of hydrogen-bond donors (Lipinski definition) is 0. The molecule has 1 atom stereocenters. The van der Waals surface area contributed by atoms with E-state index in [0.717, 1.165) is 11.3 Å². The maximum atomic E-state index is 11.6. The Morgan fingerprint density at radius 1 is 1.40 bits per heavy atom. The molecule has 1 aliphatic heterocycles. The molecule has 0 aliphatic carbocycles. The summed E-state index contributed by atoms with van der Waals surface area (Å²) in [7, 11) is 1.53. The van der Waals surface area contributed by atoms with Crippen molar-refractivity contribution in [2.24, 2.45) is 5.92 Å². The number of carbonyl (C=O) groups excluding carboxylic acids is 2. The van der Waals surface area contributed by atoms with Crippen LogP contribution in [0, 0.1) is 5.92 Å². The van der Waals surface area contributed by atoms with Crippen LogP contribution in [0.15, 0.2) is 11.0 Å². The Kier molecular flexibility index (Phi) is 6.32. The quantitative estimate of drug-likeness (QED) is 0.682. The second kappa shape index (κ2) is 6.67. The first-order chi connectivity index (χ1) is 7.11. The predicted octanol–water partition coefficient (Wildman–Crippen LogP) is 2.28. The lowest BCUT2D eigenvalue weighted by molar-refractivity contribution is -0.143. The van der Waals surface area contributed by atoms with Crippen molar-refractivity contribution in [3.8, 4) is 0 Å². The van der Waals surface area contributed by atoms with Gasteiger partial charge in [0.05, 0.1) is 5.92 Å². The number of nitrogens with zero attached hydrogens (tertiary/aromatic N) is 1. The molecule has 0 aromatic carbocycles. The number of hydrogen-bond acceptors (Lipinski definition) is 3. The number of likely N-dealkylation sites (N-methyl/N-ethyl adjacent to an activating group) is 1. The van der Waals surface area contributed by atoms with Crippen LogP contribution in [-0.4, -0.2) is 30.0 Å². The molecular weight excluding hydrogens is 210 g/mol. The van der Waals surface area contributed by atoms with E-state index in [1.165, 1.54) is 23.7 Å². The fourth-order valence-corrected chi connectivity index (χ4v) is 2.13. The lowest BCUT2D eigenvalue weighted by Crippen LogP contribution is -2.40. The number of amides is 2. The molecule has 0 spiro atoms. The third-order valence-corrected chi connectivity index (χ3v) is 3.09. The Morgan fingerprint density at radius 2 is 1.93 bits per heavy atom. The molecule has 0 aromatic heterocycles. The Balaban J connectivity index is 0.000000921. The number of thioether (sulfide) groups is 1. The number of imide groups is 1. The molecule has 15 heavy (non-hydrogen) atoms. The Labute approximate surface area is 95.9 Å². The second-order valence-corrected chi connectivity index (χ2v) is 3.83. The van der Waals surface area contributed by atoms with E-state index in [-0.39, 0.29) is 17.7 Å². The van der Waals surface area contributed by atoms with Crippen molar-refractivity contribution in [3.63, 3.8) is 0 Å². The molecule has 0 saturated carbocycles. The molecule has 0 bridgehead atoms. The van der Waals surface area contributed by atoms with Crippen LogP contribution >= 0.6 is 11.8 Å². The Hall–Kier alpha value is -0.770. The maximum absolute atomic E-state index is 11.6. The summed E-state index contributed by atoms with van der Waals surface area (Å²) in [6.07, 6.45) is 4.20. The van der Waals surface area contributed by atoms with Crippen LogP contribution in [0.4, 0.5) is 0 Å². The smallest absolute Gasteiger partial charge is 0.253 e. The average Bonchev–Trinajstić information content (AvgIpc) is 2.28. The average molecular weight is 229 g/mol. The van der Waals surface area contributed by atoms with Gasteiger partial charge in [-0.2, -0.15) is 0 Å². The summed E-state index contributed by atoms with van der Waals surface area (Å²) in [6.45, 7) is 5.95. The zero-order chi connectivity index (χ0) is 12.0. The highest BCUT2D eigenvalue weighted by atomic mass is 32.2. The lowest BCUT2D eigenvalue weighted by atomic mass is 10.0. The Bertz CT molecular complexity index is 274. The Morgan fingerprint density at radius 3 is 2.33 bits per heavy atom. The summed E-state index contributed by atoms with van der Waals surface area (Å²) in [5, 5.41) is 0. The fourth-order valence-electron chi connectivity index (χ4n) is 1.36. The van der Waals surface area contributed by atoms with Crippen LogP contribution in [0.1, 0.15) is 27.2 Å². The van der Waals surface area contributed by atoms with Gasteiger partial charge in [0.15, 0.2) is 0 Å². The SMILES string of the molecule is CC.CCC1C(=O)N(C)C(=O)C=C1SC. The van der Waals surface area contributed by atoms with Gasteiger partial charge < -0.3 is 0 Å². The topological polar surface area (TPSA) is 37.4 Å². The molecule has 2 amide bonds. The third-order valence-electron chi connectivity index (χ3n) is 2.21. The van der Waals surface area contributed by atoms with E-state index < -0.39 is 0 Å². The summed E-state index contributed by atoms with van der Waals surface area (Å²) in [5.41, 5.74) is 0. The molecule has 1 aliphatic rings. The molecule has 4 heteroatoms. The van der Waals surface area contributed by atoms with Crippen LogP contribution in [0.25, 0.3) is 0 Å². The predicted molar refractivity (Wildman–Crippen MR) is 64.5 cm³/mol. The minimum atomic E-state index is -0.209. The number of rotatable bonds is 2. The van der Waals surface area contributed by atoms with E-state index >= 15 is 0 Å². The molecule has 1 unspecified atom stereocenters. The van der Waals surface area contributed by atoms with E-state index in [2.05, 4.69) is 0 Å². The van der Waals surface area contributed by atoms with Crippen molar-refractivity contribution in [3.05, 3.63) is 11.0 Å². The first kappa shape index (κ1) is 14.2. The molecule has 1 heterocycles. The summed E-state index contributed by atoms with van der Waals surface area (Å²) >= 11 is 1.48. The molecule has 0 aromatic rings. The zero-order valence-electron chi connectivity index (χ0n) is 10.0. The van der Waals surface area contributed by atoms with Crippen molar-refractivity contribution < 1.29 is 9.59 Å². The normalized spacial score (nSPS) is 20.7. The van der Waals surface area contributed by atoms with Gasteiger partial charge in [0.25, 0.3) is 5.91 Å². The lowest BCUT2D eigenvalue weighted by Gasteiger charge is -2.26. The van der Waals surface area contributed by atoms with Crippen LogP contribution in [0.2, 0.25) is 0 Å². The van der Waals surface area contributed by atoms with Gasteiger partial charge in [0.1, 0.15) is 0 Å². The molecule has 1 rings (SSSR count). The van der Waals surface area contributed by atoms with Crippen LogP contribution in [0.5, 0.6) is 0 Å². The maximum Gasteiger partial charge on any atom is 0.253 e. The first-order valence-corrected chi connectivity index (χ1v) is 6.41. The van der Waals surface area contributed by atoms with Crippen LogP contribution in [0.3, 0.4) is 0 Å². The molecule has 3 nitrogen and oxygen atoms in total. The van der Waals surface area contributed by atoms with Gasteiger partial charge in [-0.05, 0) is 12.7 Å². The highest BCUT2D eigenvalue weighted by Crippen LogP contribution is 2.29. The van der Waals surface area contributed by atoms with E-state index in [4.69, 9.17) is 0 Å². The van der Waals surface area contributed by atoms with Gasteiger partial charge in [0.2, 0.25) is 5.91 Å². The van der Waals surface area contributed by atoms with Crippen LogP contribution < -0.4 is 0 Å². The second-order valence-electron chi connectivity index (χ2n) is 2.95. The molecule has 0 radical (unpaired) electrons. The summed E-state index contributed by atoms with van der Waals surface area (Å²) in [4.78, 5) is 24.9. The highest BCUT2D eigenvalue weighted by molar-refractivity contribution is 8.02. The summed E-state index contributed by atoms with van der Waals surface area (Å²) in [5.74, 6) is -0.406. The van der Waals surface area contributed by atoms with Crippen LogP contribution in [-0.2, 0) is 9.59 Å². The van der Waals surface area contributed by atoms with E-state index in [1.54, 1.807) is 6.08 Å². The third kappa shape index (κ3) is 3.09. The largest absolute Gasteiger partial charge is 0.282 e. The van der Waals surface area contributed by atoms with Gasteiger partial charge in [-0.25, -0.2) is 0 Å². The van der Waals surface area contributed by atoms with Crippen molar-refractivity contribution in [1.29, 1.82) is 0 Å². The van der Waals surface area contributed by atoms with Crippen molar-refractivity contribution in [1.82, 2.24) is 4.90 Å². The zero-order valence-corrected chi connectivity index (χ0v) is 10.9. The van der Waals surface area contributed by atoms with Gasteiger partial charge in [0, 0.05) is 18.0 Å². The van der Waals surface area contributed by atoms with Crippen molar-refractivity contribution >= 4 is 23.6 Å². The monoisotopic (exact) mass is 229 g/mol. The van der Waals surface area contributed by atoms with E-state index in [0.29, 0.717) is 0 Å². The van der Waals surface area contributed by atoms with Gasteiger partial charge in [-0.1, -0.05) is 20.8 Å². The minimum Gasteiger partial charge on any atom is -0.282 e. The molecule has 0 saturated heterocycles. The molecule has 0 fully saturated rings. The van der Waals surface area contributed by atoms with Gasteiger partial charge in [-0.3, -0.25) is 14.5 Å². The summed E-state index contributed by atoms with van der Waals surface area (Å²) in [6, 6.07) is 0.